The molecule has 0 radical (unpaired) electrons. The average Bonchev–Trinajstić information content (AvgIpc) is 2.87. The maximum Gasteiger partial charge on any atom is 0.259 e. The summed E-state index contributed by atoms with van der Waals surface area (Å²) in [7, 11) is 0. The molecule has 0 saturated carbocycles. The Labute approximate surface area is 145 Å². The van der Waals surface area contributed by atoms with Crippen molar-refractivity contribution in [2.75, 3.05) is 13.1 Å². The summed E-state index contributed by atoms with van der Waals surface area (Å²) in [5.74, 6) is 0.825. The number of likely N-dealkylation sites (tertiary alicyclic amines) is 1. The fourth-order valence-corrected chi connectivity index (χ4v) is 4.50. The van der Waals surface area contributed by atoms with Crippen LogP contribution in [0.15, 0.2) is 41.2 Å². The van der Waals surface area contributed by atoms with Crippen molar-refractivity contribution in [2.24, 2.45) is 0 Å². The Hall–Kier alpha value is -1.98. The highest BCUT2D eigenvalue weighted by atomic mass is 32.1. The second-order valence-electron chi connectivity index (χ2n) is 6.55. The Morgan fingerprint density at radius 3 is 2.58 bits per heavy atom. The summed E-state index contributed by atoms with van der Waals surface area (Å²) in [5, 5.41) is 0.702. The number of thiophene rings is 1. The Balaban J connectivity index is 1.65. The van der Waals surface area contributed by atoms with E-state index in [1.807, 2.05) is 24.3 Å². The fourth-order valence-electron chi connectivity index (χ4n) is 3.45. The zero-order valence-corrected chi connectivity index (χ0v) is 14.5. The summed E-state index contributed by atoms with van der Waals surface area (Å²) in [6.07, 6.45) is 5.22. The molecule has 0 atom stereocenters. The maximum absolute atomic E-state index is 12.5. The minimum Gasteiger partial charge on any atom is -0.329 e. The number of hydrogen-bond donors (Lipinski definition) is 2. The number of nitrogens with zero attached hydrogens (tertiary/aromatic N) is 1. The van der Waals surface area contributed by atoms with E-state index in [2.05, 4.69) is 17.1 Å². The number of hydrogen-bond acceptors (Lipinski definition) is 3. The van der Waals surface area contributed by atoms with Crippen LogP contribution < -0.4 is 10.5 Å². The van der Waals surface area contributed by atoms with Crippen molar-refractivity contribution in [3.63, 3.8) is 0 Å². The van der Waals surface area contributed by atoms with Crippen LogP contribution in [0.1, 0.15) is 31.5 Å². The van der Waals surface area contributed by atoms with Crippen LogP contribution in [0, 0.1) is 0 Å². The zero-order chi connectivity index (χ0) is 16.4. The molecular formula is C19H22N3OS+. The molecule has 24 heavy (non-hydrogen) atoms. The predicted octanol–water partition coefficient (Wildman–Crippen LogP) is 2.61. The number of aromatic amines is 1. The predicted molar refractivity (Wildman–Crippen MR) is 98.5 cm³/mol. The van der Waals surface area contributed by atoms with Crippen molar-refractivity contribution in [1.29, 1.82) is 0 Å². The van der Waals surface area contributed by atoms with Gasteiger partial charge in [-0.25, -0.2) is 4.98 Å². The van der Waals surface area contributed by atoms with Crippen LogP contribution in [0.3, 0.4) is 0 Å². The topological polar surface area (TPSA) is 50.2 Å². The highest BCUT2D eigenvalue weighted by Crippen LogP contribution is 2.30. The Morgan fingerprint density at radius 2 is 1.83 bits per heavy atom. The molecule has 0 spiro atoms. The lowest BCUT2D eigenvalue weighted by Crippen LogP contribution is -3.10. The molecule has 0 aliphatic carbocycles. The lowest BCUT2D eigenvalue weighted by atomic mass is 10.2. The number of rotatable bonds is 3. The molecular weight excluding hydrogens is 318 g/mol. The normalized spacial score (nSPS) is 16.3. The van der Waals surface area contributed by atoms with E-state index in [1.54, 1.807) is 11.3 Å². The van der Waals surface area contributed by atoms with Crippen LogP contribution in [0.25, 0.3) is 20.7 Å². The van der Waals surface area contributed by atoms with Crippen LogP contribution in [0.4, 0.5) is 0 Å². The summed E-state index contributed by atoms with van der Waals surface area (Å²) >= 11 is 1.60. The van der Waals surface area contributed by atoms with E-state index in [-0.39, 0.29) is 5.56 Å². The molecule has 1 aliphatic rings. The standard InChI is InChI=1S/C19H21N3OS/c23-18-15-12-16(14-8-4-3-5-9-14)24-19(15)21-17(20-18)13-22-10-6-1-2-7-11-22/h3-5,8-9,12H,1-2,6-7,10-11,13H2,(H,20,21,23)/p+1. The van der Waals surface area contributed by atoms with Crippen molar-refractivity contribution < 1.29 is 4.90 Å². The summed E-state index contributed by atoms with van der Waals surface area (Å²) < 4.78 is 0. The van der Waals surface area contributed by atoms with Gasteiger partial charge in [-0.2, -0.15) is 0 Å². The number of benzene rings is 1. The molecule has 2 aromatic heterocycles. The van der Waals surface area contributed by atoms with Gasteiger partial charge < -0.3 is 9.88 Å². The largest absolute Gasteiger partial charge is 0.329 e. The van der Waals surface area contributed by atoms with Crippen molar-refractivity contribution in [2.45, 2.75) is 32.2 Å². The van der Waals surface area contributed by atoms with Gasteiger partial charge in [-0.15, -0.1) is 11.3 Å². The lowest BCUT2D eigenvalue weighted by molar-refractivity contribution is -0.913. The van der Waals surface area contributed by atoms with Gasteiger partial charge in [0.25, 0.3) is 5.56 Å². The monoisotopic (exact) mass is 340 g/mol. The lowest BCUT2D eigenvalue weighted by Gasteiger charge is -2.15. The van der Waals surface area contributed by atoms with E-state index >= 15 is 0 Å². The van der Waals surface area contributed by atoms with Gasteiger partial charge in [0.15, 0.2) is 5.82 Å². The average molecular weight is 340 g/mol. The van der Waals surface area contributed by atoms with Crippen molar-refractivity contribution >= 4 is 21.6 Å². The zero-order valence-electron chi connectivity index (χ0n) is 13.7. The fraction of sp³-hybridized carbons (Fsp3) is 0.368. The minimum atomic E-state index is -0.0114. The number of fused-ring (bicyclic) bond motifs is 1. The molecule has 1 saturated heterocycles. The summed E-state index contributed by atoms with van der Waals surface area (Å²) in [6, 6.07) is 12.1. The number of H-pyrrole nitrogens is 1. The third kappa shape index (κ3) is 3.28. The molecule has 1 fully saturated rings. The smallest absolute Gasteiger partial charge is 0.259 e. The van der Waals surface area contributed by atoms with Gasteiger partial charge in [0.2, 0.25) is 0 Å². The van der Waals surface area contributed by atoms with Crippen molar-refractivity contribution in [3.05, 3.63) is 52.6 Å². The molecule has 2 N–H and O–H groups in total. The first-order valence-electron chi connectivity index (χ1n) is 8.71. The summed E-state index contributed by atoms with van der Waals surface area (Å²) in [5.41, 5.74) is 1.13. The molecule has 0 bridgehead atoms. The maximum atomic E-state index is 12.5. The molecule has 3 heterocycles. The summed E-state index contributed by atoms with van der Waals surface area (Å²) in [6.45, 7) is 3.19. The molecule has 4 rings (SSSR count). The first kappa shape index (κ1) is 15.5. The number of nitrogens with one attached hydrogen (secondary N) is 2. The van der Waals surface area contributed by atoms with E-state index in [1.165, 1.54) is 43.7 Å². The van der Waals surface area contributed by atoms with E-state index in [4.69, 9.17) is 4.98 Å². The second kappa shape index (κ2) is 6.87. The quantitative estimate of drug-likeness (QED) is 0.770. The minimum absolute atomic E-state index is 0.0114. The van der Waals surface area contributed by atoms with Gasteiger partial charge in [-0.05, 0) is 37.3 Å². The van der Waals surface area contributed by atoms with Gasteiger partial charge in [-0.3, -0.25) is 4.79 Å². The van der Waals surface area contributed by atoms with Crippen LogP contribution in [0.2, 0.25) is 0 Å². The Kier molecular flexibility index (Phi) is 4.45. The van der Waals surface area contributed by atoms with Gasteiger partial charge in [-0.1, -0.05) is 30.3 Å². The van der Waals surface area contributed by atoms with Crippen LogP contribution in [-0.4, -0.2) is 23.1 Å². The van der Waals surface area contributed by atoms with E-state index in [9.17, 15) is 4.79 Å². The number of quaternary nitrogens is 1. The third-order valence-electron chi connectivity index (χ3n) is 4.74. The van der Waals surface area contributed by atoms with Gasteiger partial charge in [0.1, 0.15) is 11.4 Å². The highest BCUT2D eigenvalue weighted by molar-refractivity contribution is 7.21. The first-order valence-corrected chi connectivity index (χ1v) is 9.53. The van der Waals surface area contributed by atoms with Gasteiger partial charge in [0.05, 0.1) is 18.5 Å². The van der Waals surface area contributed by atoms with Gasteiger partial charge in [0, 0.05) is 4.88 Å². The van der Waals surface area contributed by atoms with Crippen molar-refractivity contribution in [3.8, 4) is 10.4 Å². The van der Waals surface area contributed by atoms with E-state index in [0.717, 1.165) is 27.6 Å². The number of aromatic nitrogens is 2. The van der Waals surface area contributed by atoms with Gasteiger partial charge >= 0.3 is 0 Å². The Morgan fingerprint density at radius 1 is 1.08 bits per heavy atom. The molecule has 0 unspecified atom stereocenters. The summed E-state index contributed by atoms with van der Waals surface area (Å²) in [4.78, 5) is 23.7. The molecule has 0 amide bonds. The van der Waals surface area contributed by atoms with Crippen LogP contribution in [-0.2, 0) is 6.54 Å². The SMILES string of the molecule is O=c1[nH]c(C[NH+]2CCCCCC2)nc2sc(-c3ccccc3)cc12. The van der Waals surface area contributed by atoms with Crippen molar-refractivity contribution in [1.82, 2.24) is 9.97 Å². The molecule has 5 heteroatoms. The molecule has 3 aromatic rings. The second-order valence-corrected chi connectivity index (χ2v) is 7.58. The molecule has 124 valence electrons. The van der Waals surface area contributed by atoms with E-state index in [0.29, 0.717) is 5.39 Å². The third-order valence-corrected chi connectivity index (χ3v) is 5.82. The van der Waals surface area contributed by atoms with E-state index < -0.39 is 0 Å². The highest BCUT2D eigenvalue weighted by Gasteiger charge is 2.16. The van der Waals surface area contributed by atoms with Crippen LogP contribution >= 0.6 is 11.3 Å². The first-order chi connectivity index (χ1) is 11.8. The molecule has 1 aromatic carbocycles. The Bertz CT molecular complexity index is 877. The molecule has 4 nitrogen and oxygen atoms in total. The van der Waals surface area contributed by atoms with Crippen LogP contribution in [0.5, 0.6) is 0 Å². The molecule has 1 aliphatic heterocycles.